The van der Waals surface area contributed by atoms with Crippen molar-refractivity contribution in [1.82, 2.24) is 5.32 Å². The maximum Gasteiger partial charge on any atom is 0.0601 e. The molecule has 0 aliphatic rings. The number of halogens is 1. The minimum absolute atomic E-state index is 0.348. The molecule has 13 heavy (non-hydrogen) atoms. The largest absolute Gasteiger partial charge is 0.309 e. The zero-order chi connectivity index (χ0) is 9.84. The van der Waals surface area contributed by atoms with Gasteiger partial charge in [-0.2, -0.15) is 0 Å². The molecule has 0 saturated carbocycles. The van der Waals surface area contributed by atoms with Crippen LogP contribution in [0.4, 0.5) is 0 Å². The van der Waals surface area contributed by atoms with E-state index in [1.165, 1.54) is 10.5 Å². The summed E-state index contributed by atoms with van der Waals surface area (Å²) < 4.78 is 1.16. The van der Waals surface area contributed by atoms with Crippen LogP contribution in [0.3, 0.4) is 0 Å². The summed E-state index contributed by atoms with van der Waals surface area (Å²) in [6.07, 6.45) is 2.23. The Kier molecular flexibility index (Phi) is 4.16. The Balaban J connectivity index is 2.84. The van der Waals surface area contributed by atoms with Crippen molar-refractivity contribution in [2.75, 3.05) is 7.05 Å². The van der Waals surface area contributed by atoms with E-state index in [1.54, 1.807) is 11.3 Å². The van der Waals surface area contributed by atoms with Crippen LogP contribution in [0.2, 0.25) is 0 Å². The van der Waals surface area contributed by atoms with Crippen molar-refractivity contribution in [3.8, 4) is 0 Å². The van der Waals surface area contributed by atoms with Gasteiger partial charge in [0.05, 0.1) is 6.04 Å². The molecule has 0 spiro atoms. The minimum Gasteiger partial charge on any atom is -0.309 e. The first kappa shape index (κ1) is 11.0. The van der Waals surface area contributed by atoms with Crippen molar-refractivity contribution >= 4 is 27.3 Å². The molecule has 1 unspecified atom stereocenters. The lowest BCUT2D eigenvalue weighted by Crippen LogP contribution is -2.12. The van der Waals surface area contributed by atoms with E-state index in [4.69, 9.17) is 0 Å². The summed E-state index contributed by atoms with van der Waals surface area (Å²) >= 11 is 5.23. The van der Waals surface area contributed by atoms with Gasteiger partial charge in [0.25, 0.3) is 0 Å². The second-order valence-corrected chi connectivity index (χ2v) is 5.04. The molecule has 1 atom stereocenters. The van der Waals surface area contributed by atoms with Gasteiger partial charge in [-0.1, -0.05) is 11.6 Å². The average molecular weight is 260 g/mol. The third-order valence-corrected chi connectivity index (χ3v) is 3.48. The van der Waals surface area contributed by atoms with Crippen LogP contribution in [0.1, 0.15) is 24.8 Å². The Labute approximate surface area is 92.0 Å². The van der Waals surface area contributed by atoms with E-state index in [0.29, 0.717) is 6.04 Å². The molecule has 0 aliphatic heterocycles. The topological polar surface area (TPSA) is 12.0 Å². The van der Waals surface area contributed by atoms with E-state index in [1.807, 2.05) is 7.05 Å². The number of thiophene rings is 1. The molecule has 0 fully saturated rings. The highest BCUT2D eigenvalue weighted by Gasteiger charge is 2.07. The van der Waals surface area contributed by atoms with Gasteiger partial charge < -0.3 is 5.32 Å². The molecule has 0 amide bonds. The number of likely N-dealkylation sites (N-methyl/N-ethyl adjacent to an activating group) is 1. The van der Waals surface area contributed by atoms with Crippen molar-refractivity contribution in [1.29, 1.82) is 0 Å². The van der Waals surface area contributed by atoms with Crippen molar-refractivity contribution in [2.24, 2.45) is 0 Å². The lowest BCUT2D eigenvalue weighted by molar-refractivity contribution is 0.722. The van der Waals surface area contributed by atoms with E-state index < -0.39 is 0 Å². The Morgan fingerprint density at radius 2 is 2.31 bits per heavy atom. The van der Waals surface area contributed by atoms with Gasteiger partial charge in [0.15, 0.2) is 0 Å². The predicted octanol–water partition coefficient (Wildman–Crippen LogP) is 3.74. The fourth-order valence-electron chi connectivity index (χ4n) is 1.13. The second kappa shape index (κ2) is 4.94. The smallest absolute Gasteiger partial charge is 0.0601 e. The molecule has 3 heteroatoms. The summed E-state index contributed by atoms with van der Waals surface area (Å²) in [7, 11) is 1.98. The number of rotatable bonds is 3. The van der Waals surface area contributed by atoms with Gasteiger partial charge in [-0.3, -0.25) is 0 Å². The van der Waals surface area contributed by atoms with E-state index >= 15 is 0 Å². The minimum atomic E-state index is 0.348. The third-order valence-electron chi connectivity index (χ3n) is 1.71. The SMILES string of the molecule is CNC(C=C(C)C)c1cc(Br)cs1. The van der Waals surface area contributed by atoms with E-state index in [-0.39, 0.29) is 0 Å². The number of allylic oxidation sites excluding steroid dienone is 1. The van der Waals surface area contributed by atoms with Crippen LogP contribution in [0.25, 0.3) is 0 Å². The molecule has 0 aromatic carbocycles. The van der Waals surface area contributed by atoms with Crippen LogP contribution in [0, 0.1) is 0 Å². The van der Waals surface area contributed by atoms with Crippen LogP contribution >= 0.6 is 27.3 Å². The van der Waals surface area contributed by atoms with E-state index in [9.17, 15) is 0 Å². The summed E-state index contributed by atoms with van der Waals surface area (Å²) in [6.45, 7) is 4.24. The number of hydrogen-bond acceptors (Lipinski definition) is 2. The van der Waals surface area contributed by atoms with Crippen LogP contribution in [-0.2, 0) is 0 Å². The first-order chi connectivity index (χ1) is 6.13. The molecule has 1 nitrogen and oxygen atoms in total. The van der Waals surface area contributed by atoms with Crippen LogP contribution in [-0.4, -0.2) is 7.05 Å². The molecule has 1 heterocycles. The van der Waals surface area contributed by atoms with Crippen molar-refractivity contribution in [3.05, 3.63) is 32.4 Å². The number of hydrogen-bond donors (Lipinski definition) is 1. The molecular formula is C10H14BrNS. The predicted molar refractivity (Wildman–Crippen MR) is 63.3 cm³/mol. The molecule has 1 N–H and O–H groups in total. The zero-order valence-corrected chi connectivity index (χ0v) is 10.5. The van der Waals surface area contributed by atoms with Crippen molar-refractivity contribution in [2.45, 2.75) is 19.9 Å². The fourth-order valence-corrected chi connectivity index (χ4v) is 2.66. The Bertz CT molecular complexity index is 300. The highest BCUT2D eigenvalue weighted by molar-refractivity contribution is 9.10. The highest BCUT2D eigenvalue weighted by Crippen LogP contribution is 2.26. The first-order valence-corrected chi connectivity index (χ1v) is 5.87. The highest BCUT2D eigenvalue weighted by atomic mass is 79.9. The van der Waals surface area contributed by atoms with Crippen LogP contribution in [0.5, 0.6) is 0 Å². The monoisotopic (exact) mass is 259 g/mol. The van der Waals surface area contributed by atoms with Crippen LogP contribution in [0.15, 0.2) is 27.6 Å². The average Bonchev–Trinajstić information content (AvgIpc) is 2.47. The van der Waals surface area contributed by atoms with Crippen LogP contribution < -0.4 is 5.32 Å². The molecule has 72 valence electrons. The molecule has 0 radical (unpaired) electrons. The molecule has 0 aliphatic carbocycles. The summed E-state index contributed by atoms with van der Waals surface area (Å²) in [4.78, 5) is 1.34. The normalized spacial score (nSPS) is 12.6. The lowest BCUT2D eigenvalue weighted by Gasteiger charge is -2.09. The van der Waals surface area contributed by atoms with Gasteiger partial charge in [-0.15, -0.1) is 11.3 Å². The zero-order valence-electron chi connectivity index (χ0n) is 8.10. The summed E-state index contributed by atoms with van der Waals surface area (Å²) in [5, 5.41) is 5.39. The maximum atomic E-state index is 3.46. The van der Waals surface area contributed by atoms with E-state index in [0.717, 1.165) is 4.47 Å². The molecular weight excluding hydrogens is 246 g/mol. The molecule has 1 rings (SSSR count). The quantitative estimate of drug-likeness (QED) is 0.816. The van der Waals surface area contributed by atoms with Gasteiger partial charge >= 0.3 is 0 Å². The van der Waals surface area contributed by atoms with E-state index in [2.05, 4.69) is 52.6 Å². The van der Waals surface area contributed by atoms with Gasteiger partial charge in [0.1, 0.15) is 0 Å². The first-order valence-electron chi connectivity index (χ1n) is 4.19. The number of nitrogens with one attached hydrogen (secondary N) is 1. The fraction of sp³-hybridized carbons (Fsp3) is 0.400. The van der Waals surface area contributed by atoms with Gasteiger partial charge in [0.2, 0.25) is 0 Å². The standard InChI is InChI=1S/C10H14BrNS/c1-7(2)4-9(12-3)10-5-8(11)6-13-10/h4-6,9,12H,1-3H3. The second-order valence-electron chi connectivity index (χ2n) is 3.18. The maximum absolute atomic E-state index is 3.46. The molecule has 1 aromatic heterocycles. The van der Waals surface area contributed by atoms with Crippen molar-refractivity contribution < 1.29 is 0 Å². The molecule has 1 aromatic rings. The van der Waals surface area contributed by atoms with Gasteiger partial charge in [-0.05, 0) is 42.9 Å². The Morgan fingerprint density at radius 1 is 1.62 bits per heavy atom. The van der Waals surface area contributed by atoms with Gasteiger partial charge in [0, 0.05) is 14.7 Å². The molecule has 0 saturated heterocycles. The van der Waals surface area contributed by atoms with Gasteiger partial charge in [-0.25, -0.2) is 0 Å². The Hall–Kier alpha value is -0.120. The third kappa shape index (κ3) is 3.25. The Morgan fingerprint density at radius 3 is 2.69 bits per heavy atom. The summed E-state index contributed by atoms with van der Waals surface area (Å²) in [5.41, 5.74) is 1.34. The summed E-state index contributed by atoms with van der Waals surface area (Å²) in [6, 6.07) is 2.51. The van der Waals surface area contributed by atoms with Crippen molar-refractivity contribution in [3.63, 3.8) is 0 Å². The lowest BCUT2D eigenvalue weighted by atomic mass is 10.2. The molecule has 0 bridgehead atoms. The summed E-state index contributed by atoms with van der Waals surface area (Å²) in [5.74, 6) is 0.